The highest BCUT2D eigenvalue weighted by Gasteiger charge is 2.47. The normalized spacial score (nSPS) is 19.0. The summed E-state index contributed by atoms with van der Waals surface area (Å²) in [6, 6.07) is 6.92. The highest BCUT2D eigenvalue weighted by Crippen LogP contribution is 2.39. The van der Waals surface area contributed by atoms with Crippen LogP contribution in [0.5, 0.6) is 5.75 Å². The number of hydrogen-bond donors (Lipinski definition) is 3. The molecule has 1 amide bonds. The van der Waals surface area contributed by atoms with Crippen LogP contribution in [0.3, 0.4) is 0 Å². The minimum Gasteiger partial charge on any atom is -0.490 e. The van der Waals surface area contributed by atoms with Crippen LogP contribution in [0.4, 0.5) is 27.8 Å². The molecule has 3 N–H and O–H groups in total. The van der Waals surface area contributed by atoms with E-state index >= 15 is 0 Å². The average molecular weight is 517 g/mol. The summed E-state index contributed by atoms with van der Waals surface area (Å²) >= 11 is 0. The number of aromatic nitrogens is 3. The summed E-state index contributed by atoms with van der Waals surface area (Å²) in [7, 11) is 0. The predicted molar refractivity (Wildman–Crippen MR) is 116 cm³/mol. The lowest BCUT2D eigenvalue weighted by atomic mass is 9.91. The lowest BCUT2D eigenvalue weighted by molar-refractivity contribution is -0.192. The number of halogens is 5. The van der Waals surface area contributed by atoms with E-state index in [9.17, 15) is 26.7 Å². The van der Waals surface area contributed by atoms with Gasteiger partial charge >= 0.3 is 12.1 Å². The molecule has 1 saturated heterocycles. The molecule has 2 aromatic heterocycles. The molecule has 36 heavy (non-hydrogen) atoms. The largest absolute Gasteiger partial charge is 0.490 e. The minimum absolute atomic E-state index is 0.0227. The second kappa shape index (κ2) is 11.1. The molecule has 2 fully saturated rings. The Morgan fingerprint density at radius 2 is 1.92 bits per heavy atom. The van der Waals surface area contributed by atoms with Crippen LogP contribution in [0.2, 0.25) is 0 Å². The molecule has 0 spiro atoms. The Kier molecular flexibility index (Phi) is 8.38. The number of alkyl halides is 5. The van der Waals surface area contributed by atoms with Crippen molar-refractivity contribution in [3.8, 4) is 5.75 Å². The Balaban J connectivity index is 0.000000454. The van der Waals surface area contributed by atoms with Gasteiger partial charge in [0.2, 0.25) is 5.91 Å². The number of anilines is 1. The molecule has 196 valence electrons. The lowest BCUT2D eigenvalue weighted by Gasteiger charge is -2.34. The van der Waals surface area contributed by atoms with Gasteiger partial charge in [0.15, 0.2) is 5.82 Å². The summed E-state index contributed by atoms with van der Waals surface area (Å²) in [5.74, 6) is -4.49. The molecule has 1 unspecified atom stereocenters. The van der Waals surface area contributed by atoms with E-state index in [-0.39, 0.29) is 25.2 Å². The van der Waals surface area contributed by atoms with E-state index in [4.69, 9.17) is 14.6 Å². The van der Waals surface area contributed by atoms with Crippen LogP contribution >= 0.6 is 0 Å². The fraction of sp³-hybridized carbons (Fsp3) is 0.500. The van der Waals surface area contributed by atoms with Gasteiger partial charge in [-0.1, -0.05) is 0 Å². The third kappa shape index (κ3) is 8.07. The molecular weight excluding hydrogens is 493 g/mol. The quantitative estimate of drug-likeness (QED) is 0.499. The molecule has 1 aliphatic heterocycles. The van der Waals surface area contributed by atoms with Crippen molar-refractivity contribution in [1.82, 2.24) is 20.5 Å². The number of aryl methyl sites for hydroxylation is 1. The number of nitrogens with zero attached hydrogens (tertiary/aromatic N) is 3. The van der Waals surface area contributed by atoms with E-state index in [0.717, 1.165) is 25.2 Å². The van der Waals surface area contributed by atoms with Gasteiger partial charge in [0.05, 0.1) is 17.8 Å². The Bertz CT molecular complexity index is 1070. The van der Waals surface area contributed by atoms with E-state index in [1.807, 2.05) is 6.07 Å². The molecule has 4 rings (SSSR count). The fourth-order valence-electron chi connectivity index (χ4n) is 3.63. The Hall–Kier alpha value is -3.42. The zero-order valence-corrected chi connectivity index (χ0v) is 19.1. The third-order valence-electron chi connectivity index (χ3n) is 5.35. The van der Waals surface area contributed by atoms with E-state index in [1.165, 1.54) is 0 Å². The van der Waals surface area contributed by atoms with E-state index in [0.29, 0.717) is 28.9 Å². The first-order valence-corrected chi connectivity index (χ1v) is 11.0. The maximum Gasteiger partial charge on any atom is 0.490 e. The van der Waals surface area contributed by atoms with Gasteiger partial charge < -0.3 is 20.5 Å². The lowest BCUT2D eigenvalue weighted by Crippen LogP contribution is -2.43. The van der Waals surface area contributed by atoms with Crippen LogP contribution in [0.15, 0.2) is 24.3 Å². The number of pyridine rings is 1. The van der Waals surface area contributed by atoms with Crippen LogP contribution in [-0.2, 0) is 16.0 Å². The molecule has 9 nitrogen and oxygen atoms in total. The van der Waals surface area contributed by atoms with Crippen molar-refractivity contribution in [3.63, 3.8) is 0 Å². The molecule has 1 atom stereocenters. The Morgan fingerprint density at radius 1 is 1.22 bits per heavy atom. The smallest absolute Gasteiger partial charge is 0.490 e. The summed E-state index contributed by atoms with van der Waals surface area (Å²) in [6.45, 7) is 3.64. The van der Waals surface area contributed by atoms with Crippen LogP contribution in [0, 0.1) is 6.92 Å². The molecule has 14 heteroatoms. The molecule has 2 aromatic rings. The summed E-state index contributed by atoms with van der Waals surface area (Å²) in [4.78, 5) is 25.6. The van der Waals surface area contributed by atoms with Gasteiger partial charge in [-0.3, -0.25) is 9.78 Å². The van der Waals surface area contributed by atoms with Crippen molar-refractivity contribution >= 4 is 17.7 Å². The maximum atomic E-state index is 13.0. The SMILES string of the molecule is Cc1cc(OC2CC(F)(F)C2)cc(CC(=O)Nc2ccc(C3CCNC3)nn2)n1.O=C(O)C(F)(F)F. The van der Waals surface area contributed by atoms with Crippen LogP contribution in [-0.4, -0.2) is 63.5 Å². The summed E-state index contributed by atoms with van der Waals surface area (Å²) in [6.07, 6.45) is -5.10. The zero-order chi connectivity index (χ0) is 26.5. The average Bonchev–Trinajstić information content (AvgIpc) is 3.27. The first kappa shape index (κ1) is 27.2. The number of carboxylic acid groups (broad SMARTS) is 1. The van der Waals surface area contributed by atoms with Crippen molar-refractivity contribution < 1.29 is 41.4 Å². The van der Waals surface area contributed by atoms with Crippen LogP contribution in [0.25, 0.3) is 0 Å². The van der Waals surface area contributed by atoms with Gasteiger partial charge in [-0.25, -0.2) is 13.6 Å². The molecule has 0 bridgehead atoms. The van der Waals surface area contributed by atoms with Crippen molar-refractivity contribution in [3.05, 3.63) is 41.3 Å². The van der Waals surface area contributed by atoms with Crippen molar-refractivity contribution in [2.24, 2.45) is 0 Å². The monoisotopic (exact) mass is 517 g/mol. The van der Waals surface area contributed by atoms with E-state index in [1.54, 1.807) is 25.1 Å². The number of nitrogens with one attached hydrogen (secondary N) is 2. The zero-order valence-electron chi connectivity index (χ0n) is 19.1. The van der Waals surface area contributed by atoms with Gasteiger partial charge in [0, 0.05) is 43.1 Å². The summed E-state index contributed by atoms with van der Waals surface area (Å²) in [5, 5.41) is 21.4. The molecule has 0 radical (unpaired) electrons. The summed E-state index contributed by atoms with van der Waals surface area (Å²) < 4.78 is 63.3. The van der Waals surface area contributed by atoms with Gasteiger partial charge in [-0.2, -0.15) is 18.3 Å². The van der Waals surface area contributed by atoms with Gasteiger partial charge in [0.25, 0.3) is 5.92 Å². The standard InChI is InChI=1S/C20H23F2N5O2.C2HF3O2/c1-12-6-15(29-16-9-20(21,22)10-16)7-14(24-12)8-19(28)25-18-3-2-17(26-27-18)13-4-5-23-11-13;3-2(4,5)1(6)7/h2-3,6-7,13,16,23H,4-5,8-11H2,1H3,(H,25,27,28);(H,6,7). The second-order valence-corrected chi connectivity index (χ2v) is 8.50. The topological polar surface area (TPSA) is 126 Å². The van der Waals surface area contributed by atoms with Gasteiger partial charge in [0.1, 0.15) is 11.9 Å². The molecule has 1 saturated carbocycles. The van der Waals surface area contributed by atoms with Gasteiger partial charge in [-0.15, -0.1) is 5.10 Å². The number of rotatable bonds is 6. The Morgan fingerprint density at radius 3 is 2.44 bits per heavy atom. The molecule has 3 heterocycles. The first-order valence-electron chi connectivity index (χ1n) is 11.0. The number of hydrogen-bond acceptors (Lipinski definition) is 7. The molecule has 1 aliphatic carbocycles. The van der Waals surface area contributed by atoms with Crippen LogP contribution < -0.4 is 15.4 Å². The van der Waals surface area contributed by atoms with Crippen molar-refractivity contribution in [2.75, 3.05) is 18.4 Å². The number of amides is 1. The first-order chi connectivity index (χ1) is 16.8. The predicted octanol–water partition coefficient (Wildman–Crippen LogP) is 3.25. The maximum absolute atomic E-state index is 13.0. The van der Waals surface area contributed by atoms with Crippen LogP contribution in [0.1, 0.15) is 42.3 Å². The van der Waals surface area contributed by atoms with Crippen molar-refractivity contribution in [2.45, 2.75) is 56.7 Å². The minimum atomic E-state index is -5.08. The number of aliphatic carboxylic acids is 1. The van der Waals surface area contributed by atoms with Crippen molar-refractivity contribution in [1.29, 1.82) is 0 Å². The molecule has 2 aliphatic rings. The Labute approximate surface area is 202 Å². The third-order valence-corrected chi connectivity index (χ3v) is 5.35. The second-order valence-electron chi connectivity index (χ2n) is 8.50. The fourth-order valence-corrected chi connectivity index (χ4v) is 3.63. The van der Waals surface area contributed by atoms with E-state index in [2.05, 4.69) is 25.8 Å². The number of carbonyl (C=O) groups excluding carboxylic acids is 1. The van der Waals surface area contributed by atoms with Gasteiger partial charge in [-0.05, 0) is 32.0 Å². The highest BCUT2D eigenvalue weighted by atomic mass is 19.4. The number of carboxylic acids is 1. The summed E-state index contributed by atoms with van der Waals surface area (Å²) in [5.41, 5.74) is 2.08. The number of ether oxygens (including phenoxy) is 1. The number of carbonyl (C=O) groups is 2. The highest BCUT2D eigenvalue weighted by molar-refractivity contribution is 5.91. The molecule has 0 aromatic carbocycles. The molecular formula is C22H24F5N5O4. The van der Waals surface area contributed by atoms with E-state index < -0.39 is 24.2 Å².